The van der Waals surface area contributed by atoms with Gasteiger partial charge in [-0.05, 0) is 18.1 Å². The number of aromatic nitrogens is 3. The summed E-state index contributed by atoms with van der Waals surface area (Å²) >= 11 is 0. The molecular weight excluding hydrogens is 307 g/mol. The van der Waals surface area contributed by atoms with Crippen LogP contribution in [0.1, 0.15) is 22.9 Å². The molecule has 0 aliphatic rings. The summed E-state index contributed by atoms with van der Waals surface area (Å²) in [6.07, 6.45) is -3.36. The molecule has 2 aromatic heterocycles. The lowest BCUT2D eigenvalue weighted by Gasteiger charge is -2.21. The van der Waals surface area contributed by atoms with E-state index in [-0.39, 0.29) is 12.2 Å². The number of benzene rings is 1. The number of H-pyrrole nitrogens is 1. The van der Waals surface area contributed by atoms with E-state index in [1.54, 1.807) is 30.6 Å². The van der Waals surface area contributed by atoms with Crippen LogP contribution in [-0.4, -0.2) is 21.4 Å². The Morgan fingerprint density at radius 1 is 1.17 bits per heavy atom. The summed E-state index contributed by atoms with van der Waals surface area (Å²) in [5.74, 6) is 0. The van der Waals surface area contributed by atoms with Crippen LogP contribution in [0.5, 0.6) is 0 Å². The zero-order valence-electron chi connectivity index (χ0n) is 12.3. The van der Waals surface area contributed by atoms with E-state index in [0.29, 0.717) is 11.1 Å². The summed E-state index contributed by atoms with van der Waals surface area (Å²) in [7, 11) is 0. The molecule has 0 amide bonds. The van der Waals surface area contributed by atoms with Gasteiger partial charge in [0.2, 0.25) is 0 Å². The Bertz CT molecular complexity index is 799. The SMILES string of the molecule is Cc1cnc(COC(c2ccccc2)C(F)(F)F)c2cn[nH]c12. The lowest BCUT2D eigenvalue weighted by Crippen LogP contribution is -2.23. The van der Waals surface area contributed by atoms with Gasteiger partial charge >= 0.3 is 6.18 Å². The van der Waals surface area contributed by atoms with Crippen molar-refractivity contribution in [2.24, 2.45) is 0 Å². The van der Waals surface area contributed by atoms with Crippen molar-refractivity contribution in [2.75, 3.05) is 0 Å². The fourth-order valence-electron chi connectivity index (χ4n) is 2.40. The monoisotopic (exact) mass is 321 g/mol. The van der Waals surface area contributed by atoms with Gasteiger partial charge in [0.25, 0.3) is 0 Å². The zero-order valence-corrected chi connectivity index (χ0v) is 12.3. The summed E-state index contributed by atoms with van der Waals surface area (Å²) < 4.78 is 45.0. The molecule has 3 rings (SSSR count). The molecule has 1 N–H and O–H groups in total. The average Bonchev–Trinajstić information content (AvgIpc) is 3.00. The molecule has 120 valence electrons. The summed E-state index contributed by atoms with van der Waals surface area (Å²) in [5.41, 5.74) is 2.11. The van der Waals surface area contributed by atoms with E-state index in [1.807, 2.05) is 6.92 Å². The third kappa shape index (κ3) is 3.19. The molecule has 0 aliphatic carbocycles. The minimum Gasteiger partial charge on any atom is -0.358 e. The van der Waals surface area contributed by atoms with Crippen molar-refractivity contribution >= 4 is 10.9 Å². The Kier molecular flexibility index (Phi) is 4.04. The molecule has 1 unspecified atom stereocenters. The Hall–Kier alpha value is -2.41. The van der Waals surface area contributed by atoms with E-state index < -0.39 is 12.3 Å². The zero-order chi connectivity index (χ0) is 16.4. The molecule has 0 bridgehead atoms. The number of nitrogens with one attached hydrogen (secondary N) is 1. The van der Waals surface area contributed by atoms with E-state index in [0.717, 1.165) is 11.1 Å². The van der Waals surface area contributed by atoms with Crippen LogP contribution in [0.25, 0.3) is 10.9 Å². The summed E-state index contributed by atoms with van der Waals surface area (Å²) in [5, 5.41) is 7.39. The highest BCUT2D eigenvalue weighted by Crippen LogP contribution is 2.36. The predicted molar refractivity (Wildman–Crippen MR) is 78.7 cm³/mol. The molecule has 0 spiro atoms. The number of nitrogens with zero attached hydrogens (tertiary/aromatic N) is 2. The molecule has 1 atom stereocenters. The second kappa shape index (κ2) is 6.00. The largest absolute Gasteiger partial charge is 0.418 e. The van der Waals surface area contributed by atoms with E-state index in [1.165, 1.54) is 12.1 Å². The van der Waals surface area contributed by atoms with Gasteiger partial charge in [0.05, 0.1) is 24.0 Å². The van der Waals surface area contributed by atoms with Crippen molar-refractivity contribution < 1.29 is 17.9 Å². The highest BCUT2D eigenvalue weighted by atomic mass is 19.4. The summed E-state index contributed by atoms with van der Waals surface area (Å²) in [6, 6.07) is 7.56. The molecule has 0 aliphatic heterocycles. The Morgan fingerprint density at radius 3 is 2.61 bits per heavy atom. The van der Waals surface area contributed by atoms with Crippen LogP contribution in [-0.2, 0) is 11.3 Å². The van der Waals surface area contributed by atoms with Gasteiger partial charge in [0.1, 0.15) is 0 Å². The van der Waals surface area contributed by atoms with Crippen LogP contribution in [0.3, 0.4) is 0 Å². The first-order chi connectivity index (χ1) is 11.0. The van der Waals surface area contributed by atoms with E-state index in [9.17, 15) is 13.2 Å². The molecular formula is C16H14F3N3O. The standard InChI is InChI=1S/C16H14F3N3O/c1-10-7-20-13(12-8-21-22-14(10)12)9-23-15(16(17,18)19)11-5-3-2-4-6-11/h2-8,15H,9H2,1H3,(H,21,22). The van der Waals surface area contributed by atoms with E-state index in [2.05, 4.69) is 15.2 Å². The molecule has 4 nitrogen and oxygen atoms in total. The fraction of sp³-hybridized carbons (Fsp3) is 0.250. The first kappa shape index (κ1) is 15.5. The number of ether oxygens (including phenoxy) is 1. The first-order valence-corrected chi connectivity index (χ1v) is 6.97. The fourth-order valence-corrected chi connectivity index (χ4v) is 2.40. The lowest BCUT2D eigenvalue weighted by atomic mass is 10.1. The number of hydrogen-bond donors (Lipinski definition) is 1. The van der Waals surface area contributed by atoms with Gasteiger partial charge in [-0.2, -0.15) is 18.3 Å². The normalized spacial score (nSPS) is 13.4. The molecule has 0 fully saturated rings. The highest BCUT2D eigenvalue weighted by Gasteiger charge is 2.41. The van der Waals surface area contributed by atoms with Crippen LogP contribution >= 0.6 is 0 Å². The van der Waals surface area contributed by atoms with Gasteiger partial charge in [0.15, 0.2) is 6.10 Å². The first-order valence-electron chi connectivity index (χ1n) is 6.97. The lowest BCUT2D eigenvalue weighted by molar-refractivity contribution is -0.227. The third-order valence-corrected chi connectivity index (χ3v) is 3.54. The maximum atomic E-state index is 13.3. The highest BCUT2D eigenvalue weighted by molar-refractivity contribution is 5.82. The van der Waals surface area contributed by atoms with E-state index in [4.69, 9.17) is 4.74 Å². The number of aromatic amines is 1. The number of fused-ring (bicyclic) bond motifs is 1. The quantitative estimate of drug-likeness (QED) is 0.787. The molecule has 23 heavy (non-hydrogen) atoms. The average molecular weight is 321 g/mol. The van der Waals surface area contributed by atoms with Crippen LogP contribution in [0.2, 0.25) is 0 Å². The summed E-state index contributed by atoms with van der Waals surface area (Å²) in [4.78, 5) is 4.17. The van der Waals surface area contributed by atoms with Crippen molar-refractivity contribution in [3.8, 4) is 0 Å². The molecule has 3 aromatic rings. The van der Waals surface area contributed by atoms with E-state index >= 15 is 0 Å². The molecule has 7 heteroatoms. The second-order valence-electron chi connectivity index (χ2n) is 5.19. The molecule has 0 saturated carbocycles. The minimum atomic E-state index is -4.50. The number of halogens is 3. The topological polar surface area (TPSA) is 50.8 Å². The molecule has 2 heterocycles. The summed E-state index contributed by atoms with van der Waals surface area (Å²) in [6.45, 7) is 1.59. The van der Waals surface area contributed by atoms with Crippen LogP contribution in [0.15, 0.2) is 42.7 Å². The van der Waals surface area contributed by atoms with Gasteiger partial charge in [-0.1, -0.05) is 30.3 Å². The number of aryl methyl sites for hydroxylation is 1. The maximum Gasteiger partial charge on any atom is 0.418 e. The molecule has 1 aromatic carbocycles. The van der Waals surface area contributed by atoms with Gasteiger partial charge in [-0.25, -0.2) is 0 Å². The maximum absolute atomic E-state index is 13.3. The molecule has 0 radical (unpaired) electrons. The van der Waals surface area contributed by atoms with Crippen molar-refractivity contribution in [3.05, 3.63) is 59.5 Å². The van der Waals surface area contributed by atoms with Crippen molar-refractivity contribution in [1.29, 1.82) is 0 Å². The predicted octanol–water partition coefficient (Wildman–Crippen LogP) is 4.09. The molecule has 0 saturated heterocycles. The number of rotatable bonds is 4. The minimum absolute atomic E-state index is 0.0653. The van der Waals surface area contributed by atoms with Crippen molar-refractivity contribution in [2.45, 2.75) is 25.8 Å². The van der Waals surface area contributed by atoms with Crippen molar-refractivity contribution in [3.63, 3.8) is 0 Å². The number of pyridine rings is 1. The number of hydrogen-bond acceptors (Lipinski definition) is 3. The Morgan fingerprint density at radius 2 is 1.91 bits per heavy atom. The number of alkyl halides is 3. The van der Waals surface area contributed by atoms with Crippen LogP contribution in [0.4, 0.5) is 13.2 Å². The third-order valence-electron chi connectivity index (χ3n) is 3.54. The van der Waals surface area contributed by atoms with Gasteiger partial charge in [-0.3, -0.25) is 10.1 Å². The second-order valence-corrected chi connectivity index (χ2v) is 5.19. The van der Waals surface area contributed by atoms with Gasteiger partial charge in [0, 0.05) is 11.6 Å². The van der Waals surface area contributed by atoms with Crippen LogP contribution < -0.4 is 0 Å². The van der Waals surface area contributed by atoms with Gasteiger partial charge < -0.3 is 4.74 Å². The van der Waals surface area contributed by atoms with Crippen LogP contribution in [0, 0.1) is 6.92 Å². The van der Waals surface area contributed by atoms with Crippen molar-refractivity contribution in [1.82, 2.24) is 15.2 Å². The van der Waals surface area contributed by atoms with Gasteiger partial charge in [-0.15, -0.1) is 0 Å². The Balaban J connectivity index is 1.87. The smallest absolute Gasteiger partial charge is 0.358 e. The Labute approximate surface area is 130 Å².